The van der Waals surface area contributed by atoms with E-state index in [1.807, 2.05) is 18.4 Å². The molecule has 0 radical (unpaired) electrons. The summed E-state index contributed by atoms with van der Waals surface area (Å²) in [4.78, 5) is 0.219. The van der Waals surface area contributed by atoms with E-state index in [1.54, 1.807) is 45.2 Å². The van der Waals surface area contributed by atoms with Gasteiger partial charge in [-0.3, -0.25) is 4.72 Å². The summed E-state index contributed by atoms with van der Waals surface area (Å²) >= 11 is 0. The average molecular weight is 404 g/mol. The Bertz CT molecular complexity index is 1080. The standard InChI is InChI=1S/C19H24N4O4S/c1-6-16-20-21-19(27-16)17-12(3)18(13(4)23(17)7-2)28(24,25)22-14-8-10-15(26-5)11-9-14/h8-11,22H,6-7H2,1-5H3. The van der Waals surface area contributed by atoms with Gasteiger partial charge in [0.25, 0.3) is 15.9 Å². The Morgan fingerprint density at radius 1 is 1.14 bits per heavy atom. The molecule has 0 fully saturated rings. The Kier molecular flexibility index (Phi) is 5.46. The van der Waals surface area contributed by atoms with E-state index in [0.717, 1.165) is 0 Å². The molecule has 2 heterocycles. The van der Waals surface area contributed by atoms with E-state index in [2.05, 4.69) is 14.9 Å². The Morgan fingerprint density at radius 3 is 2.36 bits per heavy atom. The van der Waals surface area contributed by atoms with Crippen LogP contribution in [0.5, 0.6) is 5.75 Å². The van der Waals surface area contributed by atoms with Gasteiger partial charge in [-0.05, 0) is 45.0 Å². The highest BCUT2D eigenvalue weighted by Crippen LogP contribution is 2.34. The normalized spacial score (nSPS) is 11.6. The first-order valence-corrected chi connectivity index (χ1v) is 10.5. The molecule has 0 aliphatic carbocycles. The van der Waals surface area contributed by atoms with Crippen molar-refractivity contribution in [2.24, 2.45) is 0 Å². The summed E-state index contributed by atoms with van der Waals surface area (Å²) in [6.07, 6.45) is 0.613. The first kappa shape index (κ1) is 19.9. The predicted octanol–water partition coefficient (Wildman–Crippen LogP) is 3.55. The van der Waals surface area contributed by atoms with Crippen molar-refractivity contribution in [2.45, 2.75) is 45.6 Å². The van der Waals surface area contributed by atoms with E-state index in [-0.39, 0.29) is 4.90 Å². The summed E-state index contributed by atoms with van der Waals surface area (Å²) in [6.45, 7) is 7.97. The smallest absolute Gasteiger partial charge is 0.264 e. The van der Waals surface area contributed by atoms with Gasteiger partial charge in [-0.2, -0.15) is 0 Å². The molecule has 0 spiro atoms. The molecule has 150 valence electrons. The van der Waals surface area contributed by atoms with E-state index in [9.17, 15) is 8.42 Å². The molecule has 28 heavy (non-hydrogen) atoms. The number of nitrogens with one attached hydrogen (secondary N) is 1. The summed E-state index contributed by atoms with van der Waals surface area (Å²) in [5.74, 6) is 1.49. The SMILES string of the molecule is CCc1nnc(-c2c(C)c(S(=O)(=O)Nc3ccc(OC)cc3)c(C)n2CC)o1. The Balaban J connectivity index is 2.07. The number of benzene rings is 1. The summed E-state index contributed by atoms with van der Waals surface area (Å²) in [7, 11) is -2.26. The van der Waals surface area contributed by atoms with Crippen LogP contribution in [0.25, 0.3) is 11.6 Å². The van der Waals surface area contributed by atoms with Crippen molar-refractivity contribution in [3.05, 3.63) is 41.4 Å². The van der Waals surface area contributed by atoms with Gasteiger partial charge < -0.3 is 13.7 Å². The van der Waals surface area contributed by atoms with Crippen molar-refractivity contribution in [2.75, 3.05) is 11.8 Å². The lowest BCUT2D eigenvalue weighted by Crippen LogP contribution is -2.15. The second-order valence-corrected chi connectivity index (χ2v) is 7.94. The van der Waals surface area contributed by atoms with E-state index in [1.165, 1.54) is 0 Å². The number of aryl methyl sites for hydroxylation is 1. The van der Waals surface area contributed by atoms with Crippen LogP contribution in [-0.4, -0.2) is 30.3 Å². The number of nitrogens with zero attached hydrogens (tertiary/aromatic N) is 3. The number of methoxy groups -OCH3 is 1. The molecule has 8 nitrogen and oxygen atoms in total. The predicted molar refractivity (Wildman–Crippen MR) is 106 cm³/mol. The molecule has 1 N–H and O–H groups in total. The van der Waals surface area contributed by atoms with Gasteiger partial charge >= 0.3 is 0 Å². The van der Waals surface area contributed by atoms with Gasteiger partial charge in [-0.15, -0.1) is 10.2 Å². The molecule has 0 aliphatic heterocycles. The minimum Gasteiger partial charge on any atom is -0.497 e. The highest BCUT2D eigenvalue weighted by Gasteiger charge is 2.29. The zero-order valence-electron chi connectivity index (χ0n) is 16.6. The summed E-state index contributed by atoms with van der Waals surface area (Å²) in [5, 5.41) is 8.11. The molecule has 0 amide bonds. The maximum absolute atomic E-state index is 13.1. The van der Waals surface area contributed by atoms with Crippen LogP contribution in [0.4, 0.5) is 5.69 Å². The van der Waals surface area contributed by atoms with Crippen molar-refractivity contribution < 1.29 is 17.6 Å². The van der Waals surface area contributed by atoms with Crippen LogP contribution in [0.1, 0.15) is 31.0 Å². The van der Waals surface area contributed by atoms with Crippen LogP contribution >= 0.6 is 0 Å². The molecular weight excluding hydrogens is 380 g/mol. The number of rotatable bonds is 7. The van der Waals surface area contributed by atoms with Gasteiger partial charge in [0.2, 0.25) is 5.89 Å². The van der Waals surface area contributed by atoms with Crippen LogP contribution < -0.4 is 9.46 Å². The second-order valence-electron chi connectivity index (χ2n) is 6.32. The van der Waals surface area contributed by atoms with Gasteiger partial charge in [-0.1, -0.05) is 6.92 Å². The van der Waals surface area contributed by atoms with Gasteiger partial charge in [0.15, 0.2) is 0 Å². The molecule has 2 aromatic heterocycles. The Morgan fingerprint density at radius 2 is 1.82 bits per heavy atom. The van der Waals surface area contributed by atoms with E-state index >= 15 is 0 Å². The van der Waals surface area contributed by atoms with Crippen LogP contribution in [0.15, 0.2) is 33.6 Å². The molecule has 0 atom stereocenters. The number of hydrogen-bond acceptors (Lipinski definition) is 6. The molecule has 3 rings (SSSR count). The molecule has 3 aromatic rings. The zero-order valence-corrected chi connectivity index (χ0v) is 17.4. The molecule has 0 aliphatic rings. The molecule has 0 saturated heterocycles. The van der Waals surface area contributed by atoms with Crippen molar-refractivity contribution in [1.29, 1.82) is 0 Å². The number of sulfonamides is 1. The lowest BCUT2D eigenvalue weighted by molar-refractivity contribution is 0.415. The fourth-order valence-corrected chi connectivity index (χ4v) is 4.84. The topological polar surface area (TPSA) is 99.3 Å². The van der Waals surface area contributed by atoms with Gasteiger partial charge in [0.1, 0.15) is 16.3 Å². The van der Waals surface area contributed by atoms with Crippen molar-refractivity contribution in [3.8, 4) is 17.3 Å². The molecule has 9 heteroatoms. The van der Waals surface area contributed by atoms with E-state index in [4.69, 9.17) is 9.15 Å². The molecule has 0 unspecified atom stereocenters. The average Bonchev–Trinajstić information content (AvgIpc) is 3.23. The first-order valence-electron chi connectivity index (χ1n) is 9.01. The van der Waals surface area contributed by atoms with E-state index in [0.29, 0.717) is 53.1 Å². The highest BCUT2D eigenvalue weighted by molar-refractivity contribution is 7.92. The van der Waals surface area contributed by atoms with Gasteiger partial charge in [0.05, 0.1) is 7.11 Å². The third-order valence-corrected chi connectivity index (χ3v) is 6.24. The van der Waals surface area contributed by atoms with Crippen molar-refractivity contribution in [1.82, 2.24) is 14.8 Å². The summed E-state index contributed by atoms with van der Waals surface area (Å²) < 4.78 is 41.6. The molecule has 0 bridgehead atoms. The highest BCUT2D eigenvalue weighted by atomic mass is 32.2. The van der Waals surface area contributed by atoms with Crippen molar-refractivity contribution >= 4 is 15.7 Å². The Hall–Kier alpha value is -2.81. The summed E-state index contributed by atoms with van der Waals surface area (Å²) in [5.41, 5.74) is 2.28. The fourth-order valence-electron chi connectivity index (χ4n) is 3.30. The molecule has 1 aromatic carbocycles. The number of hydrogen-bond donors (Lipinski definition) is 1. The zero-order chi connectivity index (χ0) is 20.5. The number of anilines is 1. The van der Waals surface area contributed by atoms with E-state index < -0.39 is 10.0 Å². The maximum atomic E-state index is 13.1. The van der Waals surface area contributed by atoms with Crippen LogP contribution in [0.3, 0.4) is 0 Å². The third-order valence-electron chi connectivity index (χ3n) is 4.60. The Labute approximate surface area is 164 Å². The largest absolute Gasteiger partial charge is 0.497 e. The van der Waals surface area contributed by atoms with Gasteiger partial charge in [-0.25, -0.2) is 8.42 Å². The molecule has 0 saturated carbocycles. The first-order chi connectivity index (χ1) is 13.3. The number of ether oxygens (including phenoxy) is 1. The third kappa shape index (κ3) is 3.49. The summed E-state index contributed by atoms with van der Waals surface area (Å²) in [6, 6.07) is 6.71. The van der Waals surface area contributed by atoms with Crippen LogP contribution in [-0.2, 0) is 23.0 Å². The minimum atomic E-state index is -3.81. The lowest BCUT2D eigenvalue weighted by Gasteiger charge is -2.10. The monoisotopic (exact) mass is 404 g/mol. The molecular formula is C19H24N4O4S. The quantitative estimate of drug-likeness (QED) is 0.646. The minimum absolute atomic E-state index is 0.219. The second kappa shape index (κ2) is 7.67. The maximum Gasteiger partial charge on any atom is 0.264 e. The van der Waals surface area contributed by atoms with Gasteiger partial charge in [0, 0.05) is 29.9 Å². The van der Waals surface area contributed by atoms with Crippen LogP contribution in [0, 0.1) is 13.8 Å². The lowest BCUT2D eigenvalue weighted by atomic mass is 10.2. The van der Waals surface area contributed by atoms with Crippen molar-refractivity contribution in [3.63, 3.8) is 0 Å². The van der Waals surface area contributed by atoms with Crippen LogP contribution in [0.2, 0.25) is 0 Å². The fraction of sp³-hybridized carbons (Fsp3) is 0.368. The number of aromatic nitrogens is 3.